The molecule has 0 unspecified atom stereocenters. The quantitative estimate of drug-likeness (QED) is 0.536. The number of rotatable bonds is 4. The predicted octanol–water partition coefficient (Wildman–Crippen LogP) is 3.23. The average molecular weight is 395 g/mol. The number of nitro groups is 1. The smallest absolute Gasteiger partial charge is 0.433 e. The first kappa shape index (κ1) is 19.1. The standard InChI is InChI=1S/C16H12F3N5O4/c1-8-3-13(16(17,18)19)23-14(20-8)7-12(22-23)15(25)21-9-4-10(24(26)27)6-11(5-9)28-2/h3-7H,1-2H3,(H,21,25). The molecule has 1 aromatic carbocycles. The van der Waals surface area contributed by atoms with Gasteiger partial charge >= 0.3 is 6.18 Å². The van der Waals surface area contributed by atoms with Crippen LogP contribution in [0.3, 0.4) is 0 Å². The Hall–Kier alpha value is -3.70. The van der Waals surface area contributed by atoms with Crippen molar-refractivity contribution in [3.05, 3.63) is 57.5 Å². The summed E-state index contributed by atoms with van der Waals surface area (Å²) < 4.78 is 45.0. The summed E-state index contributed by atoms with van der Waals surface area (Å²) in [5, 5.41) is 17.0. The molecule has 0 radical (unpaired) electrons. The van der Waals surface area contributed by atoms with Crippen molar-refractivity contribution in [2.45, 2.75) is 13.1 Å². The number of aromatic nitrogens is 3. The van der Waals surface area contributed by atoms with Gasteiger partial charge in [0.1, 0.15) is 11.4 Å². The summed E-state index contributed by atoms with van der Waals surface area (Å²) in [5.41, 5.74) is -1.78. The third-order valence-corrected chi connectivity index (χ3v) is 3.67. The Morgan fingerprint density at radius 3 is 2.57 bits per heavy atom. The molecule has 0 aliphatic heterocycles. The van der Waals surface area contributed by atoms with Gasteiger partial charge in [-0.2, -0.15) is 18.3 Å². The molecule has 0 spiro atoms. The number of hydrogen-bond acceptors (Lipinski definition) is 6. The first-order valence-corrected chi connectivity index (χ1v) is 7.68. The van der Waals surface area contributed by atoms with Crippen LogP contribution >= 0.6 is 0 Å². The lowest BCUT2D eigenvalue weighted by molar-refractivity contribution is -0.384. The molecule has 1 amide bonds. The molecule has 3 rings (SSSR count). The Bertz CT molecular complexity index is 1090. The van der Waals surface area contributed by atoms with Crippen molar-refractivity contribution in [2.75, 3.05) is 12.4 Å². The number of nitrogens with zero attached hydrogens (tertiary/aromatic N) is 4. The van der Waals surface area contributed by atoms with Gasteiger partial charge in [0.15, 0.2) is 11.3 Å². The third-order valence-electron chi connectivity index (χ3n) is 3.67. The van der Waals surface area contributed by atoms with E-state index < -0.39 is 22.7 Å². The van der Waals surface area contributed by atoms with E-state index in [1.54, 1.807) is 0 Å². The molecule has 3 aromatic rings. The molecule has 0 saturated carbocycles. The fourth-order valence-corrected chi connectivity index (χ4v) is 2.49. The number of amides is 1. The van der Waals surface area contributed by atoms with Gasteiger partial charge in [0.05, 0.1) is 23.8 Å². The minimum Gasteiger partial charge on any atom is -0.496 e. The summed E-state index contributed by atoms with van der Waals surface area (Å²) in [6.07, 6.45) is -4.70. The van der Waals surface area contributed by atoms with E-state index in [1.807, 2.05) is 0 Å². The fraction of sp³-hybridized carbons (Fsp3) is 0.188. The number of carbonyl (C=O) groups excluding carboxylic acids is 1. The Morgan fingerprint density at radius 2 is 1.96 bits per heavy atom. The number of hydrogen-bond donors (Lipinski definition) is 1. The van der Waals surface area contributed by atoms with E-state index in [-0.39, 0.29) is 34.2 Å². The van der Waals surface area contributed by atoms with Gasteiger partial charge in [0, 0.05) is 23.9 Å². The number of ether oxygens (including phenoxy) is 1. The number of aryl methyl sites for hydroxylation is 1. The number of carbonyl (C=O) groups is 1. The van der Waals surface area contributed by atoms with Crippen LogP contribution in [0.4, 0.5) is 24.5 Å². The Labute approximate surface area is 154 Å². The van der Waals surface area contributed by atoms with E-state index in [0.717, 1.165) is 24.3 Å². The van der Waals surface area contributed by atoms with Crippen LogP contribution in [0.25, 0.3) is 5.65 Å². The summed E-state index contributed by atoms with van der Waals surface area (Å²) in [4.78, 5) is 26.6. The zero-order chi connectivity index (χ0) is 20.6. The van der Waals surface area contributed by atoms with Gasteiger partial charge in [-0.25, -0.2) is 9.50 Å². The van der Waals surface area contributed by atoms with Gasteiger partial charge in [0.2, 0.25) is 0 Å². The molecule has 0 fully saturated rings. The summed E-state index contributed by atoms with van der Waals surface area (Å²) >= 11 is 0. The highest BCUT2D eigenvalue weighted by Gasteiger charge is 2.35. The molecule has 9 nitrogen and oxygen atoms in total. The molecule has 1 N–H and O–H groups in total. The Balaban J connectivity index is 1.99. The van der Waals surface area contributed by atoms with Crippen molar-refractivity contribution < 1.29 is 27.6 Å². The first-order chi connectivity index (χ1) is 13.1. The minimum absolute atomic E-state index is 0.0216. The SMILES string of the molecule is COc1cc(NC(=O)c2cc3nc(C)cc(C(F)(F)F)n3n2)cc([N+](=O)[O-])c1. The lowest BCUT2D eigenvalue weighted by atomic mass is 10.2. The Morgan fingerprint density at radius 1 is 1.25 bits per heavy atom. The van der Waals surface area contributed by atoms with Crippen LogP contribution in [-0.2, 0) is 6.18 Å². The maximum atomic E-state index is 13.2. The van der Waals surface area contributed by atoms with Crippen molar-refractivity contribution >= 4 is 22.9 Å². The van der Waals surface area contributed by atoms with Crippen LogP contribution in [0.2, 0.25) is 0 Å². The molecule has 12 heteroatoms. The Kier molecular flexibility index (Phi) is 4.63. The minimum atomic E-state index is -4.70. The highest BCUT2D eigenvalue weighted by atomic mass is 19.4. The van der Waals surface area contributed by atoms with Gasteiger partial charge in [-0.05, 0) is 13.0 Å². The first-order valence-electron chi connectivity index (χ1n) is 7.68. The van der Waals surface area contributed by atoms with E-state index in [4.69, 9.17) is 4.74 Å². The van der Waals surface area contributed by atoms with Crippen LogP contribution in [-0.4, -0.2) is 32.5 Å². The third kappa shape index (κ3) is 3.70. The van der Waals surface area contributed by atoms with E-state index in [9.17, 15) is 28.1 Å². The second-order valence-corrected chi connectivity index (χ2v) is 5.71. The predicted molar refractivity (Wildman–Crippen MR) is 90.3 cm³/mol. The average Bonchev–Trinajstić information content (AvgIpc) is 3.03. The van der Waals surface area contributed by atoms with Crippen LogP contribution in [0.15, 0.2) is 30.3 Å². The largest absolute Gasteiger partial charge is 0.496 e. The molecule has 146 valence electrons. The van der Waals surface area contributed by atoms with Crippen LogP contribution in [0.1, 0.15) is 21.9 Å². The second-order valence-electron chi connectivity index (χ2n) is 5.71. The zero-order valence-corrected chi connectivity index (χ0v) is 14.4. The van der Waals surface area contributed by atoms with Crippen molar-refractivity contribution in [1.29, 1.82) is 0 Å². The summed E-state index contributed by atoms with van der Waals surface area (Å²) in [7, 11) is 1.29. The van der Waals surface area contributed by atoms with Gasteiger partial charge in [0.25, 0.3) is 11.6 Å². The molecular weight excluding hydrogens is 383 g/mol. The van der Waals surface area contributed by atoms with Gasteiger partial charge in [-0.15, -0.1) is 0 Å². The van der Waals surface area contributed by atoms with Gasteiger partial charge < -0.3 is 10.1 Å². The summed E-state index contributed by atoms with van der Waals surface area (Å²) in [6, 6.07) is 5.46. The normalized spacial score (nSPS) is 11.5. The summed E-state index contributed by atoms with van der Waals surface area (Å²) in [6.45, 7) is 1.39. The van der Waals surface area contributed by atoms with Crippen LogP contribution in [0.5, 0.6) is 5.75 Å². The van der Waals surface area contributed by atoms with E-state index in [1.165, 1.54) is 20.1 Å². The number of nitro benzene ring substituents is 1. The molecule has 0 atom stereocenters. The molecule has 0 aliphatic carbocycles. The van der Waals surface area contributed by atoms with E-state index >= 15 is 0 Å². The van der Waals surface area contributed by atoms with E-state index in [2.05, 4.69) is 15.4 Å². The molecule has 2 heterocycles. The van der Waals surface area contributed by atoms with E-state index in [0.29, 0.717) is 4.52 Å². The number of fused-ring (bicyclic) bond motifs is 1. The zero-order valence-electron chi connectivity index (χ0n) is 14.4. The number of non-ortho nitro benzene ring substituents is 1. The van der Waals surface area contributed by atoms with Crippen molar-refractivity contribution in [2.24, 2.45) is 0 Å². The lowest BCUT2D eigenvalue weighted by Crippen LogP contribution is -2.16. The number of alkyl halides is 3. The second kappa shape index (κ2) is 6.79. The molecule has 0 aliphatic rings. The number of methoxy groups -OCH3 is 1. The molecular formula is C16H12F3N5O4. The maximum absolute atomic E-state index is 13.2. The highest BCUT2D eigenvalue weighted by molar-refractivity contribution is 6.03. The number of nitrogens with one attached hydrogen (secondary N) is 1. The monoisotopic (exact) mass is 395 g/mol. The number of anilines is 1. The maximum Gasteiger partial charge on any atom is 0.433 e. The topological polar surface area (TPSA) is 112 Å². The molecule has 0 saturated heterocycles. The van der Waals surface area contributed by atoms with Gasteiger partial charge in [-0.3, -0.25) is 14.9 Å². The lowest BCUT2D eigenvalue weighted by Gasteiger charge is -2.09. The number of benzene rings is 1. The summed E-state index contributed by atoms with van der Waals surface area (Å²) in [5.74, 6) is -0.741. The van der Waals surface area contributed by atoms with Crippen molar-refractivity contribution in [3.63, 3.8) is 0 Å². The van der Waals surface area contributed by atoms with Crippen LogP contribution < -0.4 is 10.1 Å². The highest BCUT2D eigenvalue weighted by Crippen LogP contribution is 2.30. The van der Waals surface area contributed by atoms with Crippen molar-refractivity contribution in [3.8, 4) is 5.75 Å². The number of halogens is 3. The van der Waals surface area contributed by atoms with Gasteiger partial charge in [-0.1, -0.05) is 0 Å². The van der Waals surface area contributed by atoms with Crippen molar-refractivity contribution in [1.82, 2.24) is 14.6 Å². The fourth-order valence-electron chi connectivity index (χ4n) is 2.49. The van der Waals surface area contributed by atoms with Crippen LogP contribution in [0, 0.1) is 17.0 Å². The molecule has 2 aromatic heterocycles. The molecule has 28 heavy (non-hydrogen) atoms. The molecule has 0 bridgehead atoms.